The largest absolute Gasteiger partial charge is 0.352 e. The molecule has 4 heteroatoms. The second kappa shape index (κ2) is 6.57. The molecule has 1 N–H and O–H groups in total. The summed E-state index contributed by atoms with van der Waals surface area (Å²) in [4.78, 5) is 12.0. The Balaban J connectivity index is 1.78. The van der Waals surface area contributed by atoms with E-state index in [9.17, 15) is 4.79 Å². The lowest BCUT2D eigenvalue weighted by Crippen LogP contribution is -2.25. The van der Waals surface area contributed by atoms with Crippen molar-refractivity contribution >= 4 is 5.91 Å². The van der Waals surface area contributed by atoms with Crippen molar-refractivity contribution in [2.24, 2.45) is 0 Å². The van der Waals surface area contributed by atoms with Crippen LogP contribution in [0.15, 0.2) is 42.7 Å². The highest BCUT2D eigenvalue weighted by Crippen LogP contribution is 2.13. The predicted molar refractivity (Wildman–Crippen MR) is 84.3 cm³/mol. The van der Waals surface area contributed by atoms with Crippen molar-refractivity contribution in [1.29, 1.82) is 0 Å². The third kappa shape index (κ3) is 4.45. The molecule has 0 bridgehead atoms. The van der Waals surface area contributed by atoms with Crippen LogP contribution in [0, 0.1) is 0 Å². The van der Waals surface area contributed by atoms with Crippen LogP contribution in [0.5, 0.6) is 0 Å². The smallest absolute Gasteiger partial charge is 0.254 e. The van der Waals surface area contributed by atoms with Crippen LogP contribution >= 0.6 is 0 Å². The van der Waals surface area contributed by atoms with Gasteiger partial charge in [0.05, 0.1) is 17.3 Å². The molecule has 0 saturated heterocycles. The van der Waals surface area contributed by atoms with Gasteiger partial charge in [0.2, 0.25) is 0 Å². The second-order valence-corrected chi connectivity index (χ2v) is 6.19. The van der Waals surface area contributed by atoms with E-state index < -0.39 is 0 Å². The molecule has 112 valence electrons. The quantitative estimate of drug-likeness (QED) is 0.858. The Morgan fingerprint density at radius 3 is 2.57 bits per heavy atom. The van der Waals surface area contributed by atoms with Crippen molar-refractivity contribution in [1.82, 2.24) is 15.1 Å². The van der Waals surface area contributed by atoms with Gasteiger partial charge in [-0.1, -0.05) is 30.3 Å². The van der Waals surface area contributed by atoms with E-state index in [0.29, 0.717) is 12.1 Å². The fourth-order valence-electron chi connectivity index (χ4n) is 2.05. The van der Waals surface area contributed by atoms with Crippen LogP contribution in [-0.2, 0) is 12.0 Å². The molecule has 0 aliphatic rings. The molecule has 0 radical (unpaired) electrons. The molecule has 1 aromatic heterocycles. The number of carbonyl (C=O) groups excluding carboxylic acids is 1. The fourth-order valence-corrected chi connectivity index (χ4v) is 2.05. The molecule has 0 aliphatic heterocycles. The van der Waals surface area contributed by atoms with Crippen molar-refractivity contribution in [2.45, 2.75) is 39.2 Å². The minimum Gasteiger partial charge on any atom is -0.352 e. The van der Waals surface area contributed by atoms with Gasteiger partial charge in [0.1, 0.15) is 0 Å². The first kappa shape index (κ1) is 15.3. The van der Waals surface area contributed by atoms with Crippen LogP contribution in [0.4, 0.5) is 0 Å². The number of carbonyl (C=O) groups is 1. The summed E-state index contributed by atoms with van der Waals surface area (Å²) >= 11 is 0. The SMILES string of the molecule is CC(C)(C)n1cc(C(=O)NCCCc2ccccc2)cn1. The summed E-state index contributed by atoms with van der Waals surface area (Å²) in [5.74, 6) is -0.0569. The van der Waals surface area contributed by atoms with E-state index in [1.807, 2.05) is 22.9 Å². The van der Waals surface area contributed by atoms with Gasteiger partial charge in [0.25, 0.3) is 5.91 Å². The lowest BCUT2D eigenvalue weighted by atomic mass is 10.1. The third-order valence-corrected chi connectivity index (χ3v) is 3.30. The van der Waals surface area contributed by atoms with E-state index in [-0.39, 0.29) is 11.4 Å². The molecule has 2 aromatic rings. The molecule has 0 saturated carbocycles. The van der Waals surface area contributed by atoms with E-state index in [4.69, 9.17) is 0 Å². The van der Waals surface area contributed by atoms with Gasteiger partial charge in [0.15, 0.2) is 0 Å². The zero-order valence-corrected chi connectivity index (χ0v) is 13.0. The number of nitrogens with zero attached hydrogens (tertiary/aromatic N) is 2. The first-order valence-electron chi connectivity index (χ1n) is 7.34. The average Bonchev–Trinajstić information content (AvgIpc) is 2.94. The van der Waals surface area contributed by atoms with Crippen LogP contribution in [0.2, 0.25) is 0 Å². The van der Waals surface area contributed by atoms with E-state index in [2.05, 4.69) is 43.3 Å². The van der Waals surface area contributed by atoms with Crippen LogP contribution in [0.3, 0.4) is 0 Å². The summed E-state index contributed by atoms with van der Waals surface area (Å²) in [6, 6.07) is 10.3. The summed E-state index contributed by atoms with van der Waals surface area (Å²) in [6.07, 6.45) is 5.33. The minimum atomic E-state index is -0.105. The van der Waals surface area contributed by atoms with Crippen LogP contribution < -0.4 is 5.32 Å². The van der Waals surface area contributed by atoms with Crippen molar-refractivity contribution in [2.75, 3.05) is 6.54 Å². The van der Waals surface area contributed by atoms with E-state index in [1.165, 1.54) is 5.56 Å². The molecule has 0 aliphatic carbocycles. The molecule has 1 heterocycles. The molecular formula is C17H23N3O. The topological polar surface area (TPSA) is 46.9 Å². The first-order chi connectivity index (χ1) is 9.97. The number of benzene rings is 1. The Hall–Kier alpha value is -2.10. The lowest BCUT2D eigenvalue weighted by Gasteiger charge is -2.18. The highest BCUT2D eigenvalue weighted by atomic mass is 16.1. The maximum absolute atomic E-state index is 12.0. The third-order valence-electron chi connectivity index (χ3n) is 3.30. The zero-order valence-electron chi connectivity index (χ0n) is 13.0. The van der Waals surface area contributed by atoms with Crippen LogP contribution in [0.1, 0.15) is 43.1 Å². The average molecular weight is 285 g/mol. The molecule has 4 nitrogen and oxygen atoms in total. The number of aryl methyl sites for hydroxylation is 1. The highest BCUT2D eigenvalue weighted by Gasteiger charge is 2.16. The lowest BCUT2D eigenvalue weighted by molar-refractivity contribution is 0.0953. The molecule has 1 amide bonds. The Labute approximate surface area is 126 Å². The predicted octanol–water partition coefficient (Wildman–Crippen LogP) is 3.00. The molecule has 1 aromatic carbocycles. The van der Waals surface area contributed by atoms with Gasteiger partial charge in [0, 0.05) is 12.7 Å². The van der Waals surface area contributed by atoms with Crippen molar-refractivity contribution in [3.05, 3.63) is 53.9 Å². The molecule has 0 fully saturated rings. The summed E-state index contributed by atoms with van der Waals surface area (Å²) in [5.41, 5.74) is 1.81. The zero-order chi connectivity index (χ0) is 15.3. The summed E-state index contributed by atoms with van der Waals surface area (Å²) in [6.45, 7) is 6.85. The van der Waals surface area contributed by atoms with Gasteiger partial charge in [-0.2, -0.15) is 5.10 Å². The van der Waals surface area contributed by atoms with Gasteiger partial charge in [-0.3, -0.25) is 9.48 Å². The standard InChI is InChI=1S/C17H23N3O/c1-17(2,3)20-13-15(12-19-20)16(21)18-11-7-10-14-8-5-4-6-9-14/h4-6,8-9,12-13H,7,10-11H2,1-3H3,(H,18,21). The maximum Gasteiger partial charge on any atom is 0.254 e. The van der Waals surface area contributed by atoms with Gasteiger partial charge < -0.3 is 5.32 Å². The fraction of sp³-hybridized carbons (Fsp3) is 0.412. The Bertz CT molecular complexity index is 582. The van der Waals surface area contributed by atoms with Crippen LogP contribution in [0.25, 0.3) is 0 Å². The molecule has 0 unspecified atom stereocenters. The maximum atomic E-state index is 12.0. The van der Waals surface area contributed by atoms with Crippen molar-refractivity contribution in [3.8, 4) is 0 Å². The van der Waals surface area contributed by atoms with Gasteiger partial charge in [-0.25, -0.2) is 0 Å². The van der Waals surface area contributed by atoms with Crippen molar-refractivity contribution < 1.29 is 4.79 Å². The Morgan fingerprint density at radius 2 is 1.95 bits per heavy atom. The number of aromatic nitrogens is 2. The van der Waals surface area contributed by atoms with Gasteiger partial charge >= 0.3 is 0 Å². The minimum absolute atomic E-state index is 0.0569. The molecule has 0 spiro atoms. The molecule has 0 atom stereocenters. The van der Waals surface area contributed by atoms with Gasteiger partial charge in [-0.15, -0.1) is 0 Å². The molecular weight excluding hydrogens is 262 g/mol. The van der Waals surface area contributed by atoms with E-state index in [1.54, 1.807) is 12.4 Å². The summed E-state index contributed by atoms with van der Waals surface area (Å²) in [5, 5.41) is 7.18. The Morgan fingerprint density at radius 1 is 1.24 bits per heavy atom. The first-order valence-corrected chi connectivity index (χ1v) is 7.34. The summed E-state index contributed by atoms with van der Waals surface area (Å²) < 4.78 is 1.81. The normalized spacial score (nSPS) is 11.4. The molecule has 21 heavy (non-hydrogen) atoms. The number of nitrogens with one attached hydrogen (secondary N) is 1. The van der Waals surface area contributed by atoms with E-state index >= 15 is 0 Å². The number of rotatable bonds is 5. The highest BCUT2D eigenvalue weighted by molar-refractivity contribution is 5.93. The molecule has 2 rings (SSSR count). The number of hydrogen-bond donors (Lipinski definition) is 1. The van der Waals surface area contributed by atoms with Crippen LogP contribution in [-0.4, -0.2) is 22.2 Å². The number of amides is 1. The Kier molecular flexibility index (Phi) is 4.78. The monoisotopic (exact) mass is 285 g/mol. The van der Waals surface area contributed by atoms with Crippen molar-refractivity contribution in [3.63, 3.8) is 0 Å². The van der Waals surface area contributed by atoms with Gasteiger partial charge in [-0.05, 0) is 39.2 Å². The summed E-state index contributed by atoms with van der Waals surface area (Å²) in [7, 11) is 0. The second-order valence-electron chi connectivity index (χ2n) is 6.19. The van der Waals surface area contributed by atoms with E-state index in [0.717, 1.165) is 12.8 Å². The number of hydrogen-bond acceptors (Lipinski definition) is 2.